The van der Waals surface area contributed by atoms with Crippen LogP contribution in [0.4, 0.5) is 0 Å². The Hall–Kier alpha value is -1.32. The molecular weight excluding hydrogens is 194 g/mol. The third-order valence-electron chi connectivity index (χ3n) is 2.93. The molecule has 4 nitrogen and oxygen atoms in total. The molecule has 1 aromatic heterocycles. The van der Waals surface area contributed by atoms with Crippen LogP contribution in [0.25, 0.3) is 0 Å². The smallest absolute Gasteiger partial charge is 0.311 e. The van der Waals surface area contributed by atoms with Crippen LogP contribution in [0, 0.1) is 6.92 Å². The fourth-order valence-electron chi connectivity index (χ4n) is 2.10. The first-order chi connectivity index (χ1) is 7.16. The molecule has 1 saturated carbocycles. The van der Waals surface area contributed by atoms with Crippen LogP contribution in [-0.2, 0) is 11.2 Å². The summed E-state index contributed by atoms with van der Waals surface area (Å²) in [6.07, 6.45) is 4.62. The summed E-state index contributed by atoms with van der Waals surface area (Å²) in [5.41, 5.74) is 0.722. The molecule has 4 heteroatoms. The molecule has 2 rings (SSSR count). The van der Waals surface area contributed by atoms with Crippen LogP contribution in [0.15, 0.2) is 4.42 Å². The number of carbonyl (C=O) groups is 1. The van der Waals surface area contributed by atoms with Crippen molar-refractivity contribution < 1.29 is 14.3 Å². The molecule has 0 amide bonds. The Kier molecular flexibility index (Phi) is 2.75. The minimum absolute atomic E-state index is 0.0639. The Morgan fingerprint density at radius 2 is 2.20 bits per heavy atom. The molecule has 0 bridgehead atoms. The van der Waals surface area contributed by atoms with Gasteiger partial charge in [-0.05, 0) is 19.8 Å². The number of oxazole rings is 1. The Bertz CT molecular complexity index is 364. The predicted molar refractivity (Wildman–Crippen MR) is 53.8 cm³/mol. The van der Waals surface area contributed by atoms with Crippen LogP contribution in [0.2, 0.25) is 0 Å². The van der Waals surface area contributed by atoms with Gasteiger partial charge in [0, 0.05) is 5.92 Å². The molecule has 0 unspecified atom stereocenters. The Balaban J connectivity index is 2.16. The van der Waals surface area contributed by atoms with Gasteiger partial charge < -0.3 is 9.52 Å². The Labute approximate surface area is 88.3 Å². The molecule has 0 spiro atoms. The van der Waals surface area contributed by atoms with Gasteiger partial charge in [0.05, 0.1) is 5.69 Å². The van der Waals surface area contributed by atoms with Gasteiger partial charge in [0.25, 0.3) is 0 Å². The van der Waals surface area contributed by atoms with Crippen LogP contribution in [0.1, 0.15) is 48.9 Å². The van der Waals surface area contributed by atoms with E-state index in [4.69, 9.17) is 9.52 Å². The summed E-state index contributed by atoms with van der Waals surface area (Å²) in [6, 6.07) is 0. The highest BCUT2D eigenvalue weighted by atomic mass is 16.4. The number of carboxylic acids is 1. The van der Waals surface area contributed by atoms with E-state index >= 15 is 0 Å². The number of aliphatic carboxylic acids is 1. The average Bonchev–Trinajstić information content (AvgIpc) is 2.75. The minimum Gasteiger partial charge on any atom is -0.481 e. The predicted octanol–water partition coefficient (Wildman–Crippen LogP) is 2.27. The van der Waals surface area contributed by atoms with Crippen molar-refractivity contribution in [3.05, 3.63) is 17.3 Å². The summed E-state index contributed by atoms with van der Waals surface area (Å²) in [5.74, 6) is 0.782. The van der Waals surface area contributed by atoms with Crippen molar-refractivity contribution in [2.24, 2.45) is 0 Å². The van der Waals surface area contributed by atoms with E-state index in [1.165, 1.54) is 12.8 Å². The second-order valence-corrected chi connectivity index (χ2v) is 4.11. The zero-order valence-corrected chi connectivity index (χ0v) is 8.82. The van der Waals surface area contributed by atoms with Crippen molar-refractivity contribution in [3.8, 4) is 0 Å². The highest BCUT2D eigenvalue weighted by Gasteiger charge is 2.23. The third kappa shape index (κ3) is 2.19. The maximum Gasteiger partial charge on any atom is 0.311 e. The molecule has 82 valence electrons. The molecule has 1 aliphatic rings. The van der Waals surface area contributed by atoms with Gasteiger partial charge in [-0.2, -0.15) is 0 Å². The average molecular weight is 209 g/mol. The quantitative estimate of drug-likeness (QED) is 0.829. The SMILES string of the molecule is Cc1nc(C2CCCC2)oc1CC(=O)O. The van der Waals surface area contributed by atoms with Crippen LogP contribution < -0.4 is 0 Å². The fraction of sp³-hybridized carbons (Fsp3) is 0.636. The summed E-state index contributed by atoms with van der Waals surface area (Å²) in [5, 5.41) is 8.68. The number of hydrogen-bond acceptors (Lipinski definition) is 3. The molecular formula is C11H15NO3. The molecule has 1 heterocycles. The first kappa shape index (κ1) is 10.2. The van der Waals surface area contributed by atoms with Crippen LogP contribution >= 0.6 is 0 Å². The summed E-state index contributed by atoms with van der Waals surface area (Å²) in [7, 11) is 0. The maximum absolute atomic E-state index is 10.6. The second-order valence-electron chi connectivity index (χ2n) is 4.11. The Morgan fingerprint density at radius 1 is 1.53 bits per heavy atom. The normalized spacial score (nSPS) is 17.1. The van der Waals surface area contributed by atoms with E-state index in [1.54, 1.807) is 6.92 Å². The van der Waals surface area contributed by atoms with Gasteiger partial charge in [-0.25, -0.2) is 4.98 Å². The lowest BCUT2D eigenvalue weighted by Crippen LogP contribution is -1.99. The van der Waals surface area contributed by atoms with Crippen molar-refractivity contribution >= 4 is 5.97 Å². The fourth-order valence-corrected chi connectivity index (χ4v) is 2.10. The molecule has 1 aliphatic carbocycles. The van der Waals surface area contributed by atoms with E-state index in [9.17, 15) is 4.79 Å². The van der Waals surface area contributed by atoms with Gasteiger partial charge in [0.15, 0.2) is 5.89 Å². The number of aromatic nitrogens is 1. The summed E-state index contributed by atoms with van der Waals surface area (Å²) in [6.45, 7) is 1.81. The zero-order chi connectivity index (χ0) is 10.8. The van der Waals surface area contributed by atoms with Gasteiger partial charge in [-0.15, -0.1) is 0 Å². The summed E-state index contributed by atoms with van der Waals surface area (Å²) < 4.78 is 5.52. The van der Waals surface area contributed by atoms with Crippen molar-refractivity contribution in [1.29, 1.82) is 0 Å². The Morgan fingerprint density at radius 3 is 2.80 bits per heavy atom. The molecule has 1 fully saturated rings. The minimum atomic E-state index is -0.868. The monoisotopic (exact) mass is 209 g/mol. The molecule has 0 aromatic carbocycles. The van der Waals surface area contributed by atoms with Crippen molar-refractivity contribution in [2.75, 3.05) is 0 Å². The van der Waals surface area contributed by atoms with Crippen LogP contribution in [-0.4, -0.2) is 16.1 Å². The summed E-state index contributed by atoms with van der Waals surface area (Å²) >= 11 is 0. The van der Waals surface area contributed by atoms with E-state index in [2.05, 4.69) is 4.98 Å². The number of aryl methyl sites for hydroxylation is 1. The van der Waals surface area contributed by atoms with Gasteiger partial charge in [0.1, 0.15) is 12.2 Å². The largest absolute Gasteiger partial charge is 0.481 e. The standard InChI is InChI=1S/C11H15NO3/c1-7-9(6-10(13)14)15-11(12-7)8-4-2-3-5-8/h8H,2-6H2,1H3,(H,13,14). The van der Waals surface area contributed by atoms with E-state index in [1.807, 2.05) is 0 Å². The van der Waals surface area contributed by atoms with Gasteiger partial charge in [-0.1, -0.05) is 12.8 Å². The number of carboxylic acid groups (broad SMARTS) is 1. The van der Waals surface area contributed by atoms with E-state index in [0.29, 0.717) is 11.7 Å². The van der Waals surface area contributed by atoms with Crippen molar-refractivity contribution in [2.45, 2.75) is 44.9 Å². The molecule has 15 heavy (non-hydrogen) atoms. The lowest BCUT2D eigenvalue weighted by molar-refractivity contribution is -0.136. The molecule has 1 aromatic rings. The number of rotatable bonds is 3. The lowest BCUT2D eigenvalue weighted by atomic mass is 10.1. The zero-order valence-electron chi connectivity index (χ0n) is 8.82. The topological polar surface area (TPSA) is 63.3 Å². The first-order valence-electron chi connectivity index (χ1n) is 5.35. The summed E-state index contributed by atoms with van der Waals surface area (Å²) in [4.78, 5) is 14.9. The third-order valence-corrected chi connectivity index (χ3v) is 2.93. The van der Waals surface area contributed by atoms with Crippen molar-refractivity contribution in [3.63, 3.8) is 0 Å². The number of hydrogen-bond donors (Lipinski definition) is 1. The number of nitrogens with zero attached hydrogens (tertiary/aromatic N) is 1. The van der Waals surface area contributed by atoms with E-state index in [0.717, 1.165) is 24.4 Å². The van der Waals surface area contributed by atoms with Gasteiger partial charge >= 0.3 is 5.97 Å². The van der Waals surface area contributed by atoms with Gasteiger partial charge in [0.2, 0.25) is 0 Å². The molecule has 0 radical (unpaired) electrons. The first-order valence-corrected chi connectivity index (χ1v) is 5.35. The highest BCUT2D eigenvalue weighted by Crippen LogP contribution is 2.34. The molecule has 0 saturated heterocycles. The molecule has 0 atom stereocenters. The maximum atomic E-state index is 10.6. The highest BCUT2D eigenvalue weighted by molar-refractivity contribution is 5.69. The van der Waals surface area contributed by atoms with Crippen molar-refractivity contribution in [1.82, 2.24) is 4.98 Å². The van der Waals surface area contributed by atoms with E-state index < -0.39 is 5.97 Å². The lowest BCUT2D eigenvalue weighted by Gasteiger charge is -2.01. The molecule has 0 aliphatic heterocycles. The second kappa shape index (κ2) is 4.04. The van der Waals surface area contributed by atoms with Crippen LogP contribution in [0.3, 0.4) is 0 Å². The van der Waals surface area contributed by atoms with Gasteiger partial charge in [-0.3, -0.25) is 4.79 Å². The van der Waals surface area contributed by atoms with Crippen LogP contribution in [0.5, 0.6) is 0 Å². The molecule has 1 N–H and O–H groups in total. The van der Waals surface area contributed by atoms with E-state index in [-0.39, 0.29) is 6.42 Å².